The molecule has 0 fully saturated rings. The zero-order valence-corrected chi connectivity index (χ0v) is 16.9. The van der Waals surface area contributed by atoms with Gasteiger partial charge >= 0.3 is 5.97 Å². The minimum absolute atomic E-state index is 0.271. The van der Waals surface area contributed by atoms with E-state index in [9.17, 15) is 14.0 Å². The molecular weight excluding hydrogens is 381 g/mol. The summed E-state index contributed by atoms with van der Waals surface area (Å²) in [5, 5.41) is 3.54. The van der Waals surface area contributed by atoms with E-state index in [4.69, 9.17) is 4.74 Å². The molecule has 2 aromatic rings. The van der Waals surface area contributed by atoms with Crippen LogP contribution in [0.1, 0.15) is 44.7 Å². The zero-order chi connectivity index (χ0) is 20.4. The van der Waals surface area contributed by atoms with Gasteiger partial charge in [-0.1, -0.05) is 30.8 Å². The number of H-pyrrole nitrogens is 1. The van der Waals surface area contributed by atoms with E-state index in [0.717, 1.165) is 5.75 Å². The molecule has 2 heterocycles. The van der Waals surface area contributed by atoms with Gasteiger partial charge in [0, 0.05) is 5.70 Å². The molecular formula is C20H22FN3O3S. The van der Waals surface area contributed by atoms with Crippen molar-refractivity contribution < 1.29 is 13.9 Å². The first-order valence-electron chi connectivity index (χ1n) is 9.03. The fraction of sp³-hybridized carbons (Fsp3) is 0.350. The topological polar surface area (TPSA) is 84.1 Å². The predicted molar refractivity (Wildman–Crippen MR) is 107 cm³/mol. The second-order valence-electron chi connectivity index (χ2n) is 6.67. The smallest absolute Gasteiger partial charge is 0.337 e. The molecule has 0 aliphatic carbocycles. The minimum Gasteiger partial charge on any atom is -0.460 e. The van der Waals surface area contributed by atoms with Gasteiger partial charge in [0.05, 0.1) is 23.2 Å². The molecule has 8 heteroatoms. The van der Waals surface area contributed by atoms with Crippen molar-refractivity contribution >= 4 is 23.5 Å². The van der Waals surface area contributed by atoms with Crippen LogP contribution in [0.3, 0.4) is 0 Å². The molecule has 0 amide bonds. The Labute approximate surface area is 166 Å². The molecule has 0 bridgehead atoms. The summed E-state index contributed by atoms with van der Waals surface area (Å²) in [5.74, 6) is -0.668. The van der Waals surface area contributed by atoms with Crippen LogP contribution in [0.5, 0.6) is 0 Å². The summed E-state index contributed by atoms with van der Waals surface area (Å²) in [6, 6.07) is 5.88. The number of thioether (sulfide) groups is 1. The Morgan fingerprint density at radius 1 is 1.39 bits per heavy atom. The lowest BCUT2D eigenvalue weighted by Crippen LogP contribution is -2.31. The summed E-state index contributed by atoms with van der Waals surface area (Å²) in [7, 11) is 0. The molecule has 1 aromatic heterocycles. The monoisotopic (exact) mass is 403 g/mol. The van der Waals surface area contributed by atoms with Crippen molar-refractivity contribution in [3.8, 4) is 0 Å². The van der Waals surface area contributed by atoms with Gasteiger partial charge in [0.1, 0.15) is 11.6 Å². The molecule has 3 rings (SSSR count). The maximum Gasteiger partial charge on any atom is 0.337 e. The second-order valence-corrected chi connectivity index (χ2v) is 7.92. The first-order valence-corrected chi connectivity index (χ1v) is 10.0. The first kappa shape index (κ1) is 20.1. The number of carbonyl (C=O) groups is 1. The van der Waals surface area contributed by atoms with Crippen LogP contribution in [0.4, 0.5) is 10.2 Å². The van der Waals surface area contributed by atoms with Crippen molar-refractivity contribution in [1.29, 1.82) is 0 Å². The number of aromatic amines is 1. The van der Waals surface area contributed by atoms with Gasteiger partial charge in [-0.3, -0.25) is 4.79 Å². The highest BCUT2D eigenvalue weighted by Gasteiger charge is 2.36. The number of halogens is 1. The number of nitrogens with one attached hydrogen (secondary N) is 2. The normalized spacial score (nSPS) is 16.0. The molecule has 0 saturated heterocycles. The average molecular weight is 403 g/mol. The number of esters is 1. The summed E-state index contributed by atoms with van der Waals surface area (Å²) in [6.45, 7) is 7.18. The molecule has 0 saturated carbocycles. The number of rotatable bonds is 5. The summed E-state index contributed by atoms with van der Waals surface area (Å²) >= 11 is 1.40. The molecule has 1 aromatic carbocycles. The third kappa shape index (κ3) is 3.96. The van der Waals surface area contributed by atoms with E-state index < -0.39 is 17.7 Å². The van der Waals surface area contributed by atoms with Gasteiger partial charge in [-0.15, -0.1) is 0 Å². The highest BCUT2D eigenvalue weighted by Crippen LogP contribution is 2.40. The van der Waals surface area contributed by atoms with E-state index in [0.29, 0.717) is 22.2 Å². The molecule has 1 unspecified atom stereocenters. The molecule has 1 aliphatic rings. The van der Waals surface area contributed by atoms with E-state index >= 15 is 0 Å². The Kier molecular flexibility index (Phi) is 5.88. The number of nitrogens with zero attached hydrogens (tertiary/aromatic N) is 1. The highest BCUT2D eigenvalue weighted by atomic mass is 32.2. The summed E-state index contributed by atoms with van der Waals surface area (Å²) < 4.78 is 19.3. The Bertz CT molecular complexity index is 1000. The van der Waals surface area contributed by atoms with Crippen molar-refractivity contribution in [2.45, 2.75) is 44.9 Å². The molecule has 6 nitrogen and oxygen atoms in total. The van der Waals surface area contributed by atoms with Crippen LogP contribution in [0, 0.1) is 5.82 Å². The molecule has 2 N–H and O–H groups in total. The van der Waals surface area contributed by atoms with Gasteiger partial charge in [0.25, 0.3) is 5.56 Å². The minimum atomic E-state index is -0.782. The zero-order valence-electron chi connectivity index (χ0n) is 16.1. The van der Waals surface area contributed by atoms with Crippen molar-refractivity contribution in [3.63, 3.8) is 0 Å². The van der Waals surface area contributed by atoms with Gasteiger partial charge in [0.15, 0.2) is 5.16 Å². The number of hydrogen-bond donors (Lipinski definition) is 2. The summed E-state index contributed by atoms with van der Waals surface area (Å²) in [6.07, 6.45) is -0.331. The average Bonchev–Trinajstić information content (AvgIpc) is 2.60. The second kappa shape index (κ2) is 8.18. The number of ether oxygens (including phenoxy) is 1. The molecule has 0 spiro atoms. The molecule has 0 radical (unpaired) electrons. The summed E-state index contributed by atoms with van der Waals surface area (Å²) in [4.78, 5) is 33.0. The number of fused-ring (bicyclic) bond motifs is 1. The quantitative estimate of drug-likeness (QED) is 0.449. The van der Waals surface area contributed by atoms with Gasteiger partial charge in [-0.25, -0.2) is 14.2 Å². The maximum absolute atomic E-state index is 13.9. The standard InChI is InChI=1S/C20H22FN3O3S/c1-5-28-20-23-17-16(18(25)24-20)15(12-7-6-8-13(21)9-12)14(11(4)22-17)19(26)27-10(2)3/h6-10,15H,5H2,1-4H3,(H2,22,23,24,25). The van der Waals surface area contributed by atoms with Crippen molar-refractivity contribution in [1.82, 2.24) is 9.97 Å². The number of hydrogen-bond acceptors (Lipinski definition) is 6. The van der Waals surface area contributed by atoms with E-state index in [1.165, 1.54) is 23.9 Å². The van der Waals surface area contributed by atoms with Crippen LogP contribution in [-0.2, 0) is 9.53 Å². The van der Waals surface area contributed by atoms with Crippen molar-refractivity contribution in [3.05, 3.63) is 62.8 Å². The molecule has 1 atom stereocenters. The third-order valence-corrected chi connectivity index (χ3v) is 5.00. The summed E-state index contributed by atoms with van der Waals surface area (Å²) in [5.41, 5.74) is 1.19. The van der Waals surface area contributed by atoms with E-state index in [1.54, 1.807) is 32.9 Å². The predicted octanol–water partition coefficient (Wildman–Crippen LogP) is 3.80. The lowest BCUT2D eigenvalue weighted by molar-refractivity contribution is -0.143. The van der Waals surface area contributed by atoms with Gasteiger partial charge < -0.3 is 15.0 Å². The van der Waals surface area contributed by atoms with Crippen molar-refractivity contribution in [2.75, 3.05) is 11.1 Å². The van der Waals surface area contributed by atoms with Crippen LogP contribution in [0.2, 0.25) is 0 Å². The molecule has 148 valence electrons. The van der Waals surface area contributed by atoms with E-state index in [1.807, 2.05) is 6.92 Å². The SMILES string of the molecule is CCSc1nc2c(c(=O)[nH]1)C(c1cccc(F)c1)C(C(=O)OC(C)C)=C(C)N2. The Morgan fingerprint density at radius 2 is 2.14 bits per heavy atom. The highest BCUT2D eigenvalue weighted by molar-refractivity contribution is 7.99. The van der Waals surface area contributed by atoms with Gasteiger partial charge in [-0.2, -0.15) is 0 Å². The number of carbonyl (C=O) groups excluding carboxylic acids is 1. The van der Waals surface area contributed by atoms with Crippen molar-refractivity contribution in [2.24, 2.45) is 0 Å². The van der Waals surface area contributed by atoms with Gasteiger partial charge in [0.2, 0.25) is 0 Å². The number of aromatic nitrogens is 2. The van der Waals surface area contributed by atoms with E-state index in [-0.39, 0.29) is 22.8 Å². The first-order chi connectivity index (χ1) is 13.3. The van der Waals surface area contributed by atoms with Gasteiger partial charge in [-0.05, 0) is 44.2 Å². The van der Waals surface area contributed by atoms with Crippen LogP contribution in [-0.4, -0.2) is 27.8 Å². The van der Waals surface area contributed by atoms with Crippen LogP contribution in [0.25, 0.3) is 0 Å². The number of allylic oxidation sites excluding steroid dienone is 1. The number of anilines is 1. The Morgan fingerprint density at radius 3 is 2.79 bits per heavy atom. The fourth-order valence-corrected chi connectivity index (χ4v) is 3.80. The Hall–Kier alpha value is -2.61. The van der Waals surface area contributed by atoms with Crippen LogP contribution < -0.4 is 10.9 Å². The maximum atomic E-state index is 13.9. The van der Waals surface area contributed by atoms with Crippen LogP contribution >= 0.6 is 11.8 Å². The molecule has 1 aliphatic heterocycles. The fourth-order valence-electron chi connectivity index (χ4n) is 3.20. The lowest BCUT2D eigenvalue weighted by atomic mass is 9.82. The number of benzene rings is 1. The largest absolute Gasteiger partial charge is 0.460 e. The lowest BCUT2D eigenvalue weighted by Gasteiger charge is -2.29. The third-order valence-electron chi connectivity index (χ3n) is 4.25. The van der Waals surface area contributed by atoms with Crippen LogP contribution in [0.15, 0.2) is 45.5 Å². The van der Waals surface area contributed by atoms with E-state index in [2.05, 4.69) is 15.3 Å². The Balaban J connectivity index is 2.23. The molecule has 28 heavy (non-hydrogen) atoms.